The average molecular weight is 210 g/mol. The minimum atomic E-state index is 0.609. The van der Waals surface area contributed by atoms with E-state index in [4.69, 9.17) is 10.5 Å². The zero-order valence-electron chi connectivity index (χ0n) is 9.31. The van der Waals surface area contributed by atoms with Crippen molar-refractivity contribution in [2.75, 3.05) is 31.1 Å². The third kappa shape index (κ3) is 3.36. The summed E-state index contributed by atoms with van der Waals surface area (Å²) >= 11 is 0. The van der Waals surface area contributed by atoms with Gasteiger partial charge in [-0.25, -0.2) is 9.97 Å². The Kier molecular flexibility index (Phi) is 4.83. The van der Waals surface area contributed by atoms with Crippen LogP contribution in [0.4, 0.5) is 5.82 Å². The van der Waals surface area contributed by atoms with Crippen molar-refractivity contribution in [3.63, 3.8) is 0 Å². The van der Waals surface area contributed by atoms with E-state index in [1.807, 2.05) is 13.0 Å². The molecular weight excluding hydrogens is 192 g/mol. The van der Waals surface area contributed by atoms with Crippen LogP contribution >= 0.6 is 0 Å². The first kappa shape index (κ1) is 11.7. The Hall–Kier alpha value is -1.36. The number of hydrogen-bond donors (Lipinski definition) is 1. The lowest BCUT2D eigenvalue weighted by Crippen LogP contribution is -2.29. The molecule has 2 N–H and O–H groups in total. The molecule has 5 nitrogen and oxygen atoms in total. The van der Waals surface area contributed by atoms with E-state index < -0.39 is 0 Å². The highest BCUT2D eigenvalue weighted by Gasteiger charge is 2.06. The van der Waals surface area contributed by atoms with Gasteiger partial charge in [-0.1, -0.05) is 0 Å². The van der Waals surface area contributed by atoms with E-state index in [0.29, 0.717) is 19.0 Å². The molecule has 0 spiro atoms. The topological polar surface area (TPSA) is 64.3 Å². The van der Waals surface area contributed by atoms with E-state index in [1.54, 1.807) is 0 Å². The van der Waals surface area contributed by atoms with Crippen molar-refractivity contribution < 1.29 is 4.74 Å². The zero-order chi connectivity index (χ0) is 11.1. The van der Waals surface area contributed by atoms with Crippen LogP contribution in [0, 0.1) is 0 Å². The van der Waals surface area contributed by atoms with Gasteiger partial charge in [0.1, 0.15) is 12.1 Å². The summed E-state index contributed by atoms with van der Waals surface area (Å²) in [5, 5.41) is 0. The fourth-order valence-corrected chi connectivity index (χ4v) is 1.32. The lowest BCUT2D eigenvalue weighted by atomic mass is 10.4. The van der Waals surface area contributed by atoms with Crippen LogP contribution in [0.1, 0.15) is 13.8 Å². The number of hydrogen-bond acceptors (Lipinski definition) is 5. The van der Waals surface area contributed by atoms with Crippen molar-refractivity contribution in [3.8, 4) is 5.88 Å². The largest absolute Gasteiger partial charge is 0.478 e. The van der Waals surface area contributed by atoms with E-state index in [2.05, 4.69) is 21.8 Å². The summed E-state index contributed by atoms with van der Waals surface area (Å²) in [5.74, 6) is 1.47. The molecule has 0 aliphatic heterocycles. The lowest BCUT2D eigenvalue weighted by molar-refractivity contribution is 0.326. The first-order valence-corrected chi connectivity index (χ1v) is 5.21. The van der Waals surface area contributed by atoms with E-state index in [1.165, 1.54) is 6.33 Å². The molecule has 15 heavy (non-hydrogen) atoms. The van der Waals surface area contributed by atoms with E-state index in [9.17, 15) is 0 Å². The second-order valence-corrected chi connectivity index (χ2v) is 3.02. The number of aromatic nitrogens is 2. The number of ether oxygens (including phenoxy) is 1. The highest BCUT2D eigenvalue weighted by Crippen LogP contribution is 2.14. The van der Waals surface area contributed by atoms with Crippen molar-refractivity contribution in [1.29, 1.82) is 0 Å². The number of anilines is 1. The third-order valence-corrected chi connectivity index (χ3v) is 2.02. The molecule has 0 saturated carbocycles. The fraction of sp³-hybridized carbons (Fsp3) is 0.600. The van der Waals surface area contributed by atoms with Crippen LogP contribution in [0.2, 0.25) is 0 Å². The van der Waals surface area contributed by atoms with Crippen LogP contribution in [-0.4, -0.2) is 36.2 Å². The van der Waals surface area contributed by atoms with Crippen LogP contribution in [0.3, 0.4) is 0 Å². The first-order chi connectivity index (χ1) is 7.31. The molecule has 0 bridgehead atoms. The molecule has 0 fully saturated rings. The normalized spacial score (nSPS) is 10.1. The van der Waals surface area contributed by atoms with Gasteiger partial charge in [-0.15, -0.1) is 0 Å². The molecule has 0 aliphatic carbocycles. The molecule has 0 aliphatic rings. The fourth-order valence-electron chi connectivity index (χ4n) is 1.32. The molecule has 1 rings (SSSR count). The van der Waals surface area contributed by atoms with Crippen molar-refractivity contribution in [1.82, 2.24) is 9.97 Å². The van der Waals surface area contributed by atoms with Crippen LogP contribution in [0.15, 0.2) is 12.4 Å². The predicted octanol–water partition coefficient (Wildman–Crippen LogP) is 0.660. The maximum atomic E-state index is 5.52. The van der Waals surface area contributed by atoms with Gasteiger partial charge in [-0.3, -0.25) is 0 Å². The summed E-state index contributed by atoms with van der Waals surface area (Å²) in [6.45, 7) is 6.89. The average Bonchev–Trinajstić information content (AvgIpc) is 2.27. The minimum Gasteiger partial charge on any atom is -0.478 e. The summed E-state index contributed by atoms with van der Waals surface area (Å²) in [7, 11) is 0. The molecular formula is C10H18N4O. The maximum Gasteiger partial charge on any atom is 0.218 e. The van der Waals surface area contributed by atoms with Crippen LogP contribution in [-0.2, 0) is 0 Å². The molecule has 0 saturated heterocycles. The molecule has 0 radical (unpaired) electrons. The molecule has 1 aromatic rings. The third-order valence-electron chi connectivity index (χ3n) is 2.02. The lowest BCUT2D eigenvalue weighted by Gasteiger charge is -2.20. The summed E-state index contributed by atoms with van der Waals surface area (Å²) in [4.78, 5) is 10.3. The Bertz CT molecular complexity index is 293. The number of likely N-dealkylation sites (N-methyl/N-ethyl adjacent to an activating group) is 1. The van der Waals surface area contributed by atoms with Gasteiger partial charge >= 0.3 is 0 Å². The van der Waals surface area contributed by atoms with Gasteiger partial charge < -0.3 is 15.4 Å². The van der Waals surface area contributed by atoms with Crippen LogP contribution in [0.5, 0.6) is 5.88 Å². The molecule has 0 amide bonds. The van der Waals surface area contributed by atoms with Gasteiger partial charge in [-0.05, 0) is 13.8 Å². The van der Waals surface area contributed by atoms with Crippen molar-refractivity contribution in [2.24, 2.45) is 5.73 Å². The Morgan fingerprint density at radius 2 is 2.20 bits per heavy atom. The first-order valence-electron chi connectivity index (χ1n) is 5.21. The highest BCUT2D eigenvalue weighted by atomic mass is 16.5. The van der Waals surface area contributed by atoms with Crippen LogP contribution in [0.25, 0.3) is 0 Å². The summed E-state index contributed by atoms with van der Waals surface area (Å²) in [6.07, 6.45) is 1.51. The maximum absolute atomic E-state index is 5.52. The summed E-state index contributed by atoms with van der Waals surface area (Å²) in [5.41, 5.74) is 5.52. The van der Waals surface area contributed by atoms with E-state index >= 15 is 0 Å². The summed E-state index contributed by atoms with van der Waals surface area (Å²) in [6, 6.07) is 1.84. The predicted molar refractivity (Wildman–Crippen MR) is 60.1 cm³/mol. The number of nitrogens with zero attached hydrogens (tertiary/aromatic N) is 3. The van der Waals surface area contributed by atoms with Gasteiger partial charge in [0, 0.05) is 25.7 Å². The standard InChI is InChI=1S/C10H18N4O/c1-3-14(6-5-11)9-7-10(15-4-2)13-8-12-9/h7-8H,3-6,11H2,1-2H3. The van der Waals surface area contributed by atoms with Crippen molar-refractivity contribution >= 4 is 5.82 Å². The summed E-state index contributed by atoms with van der Waals surface area (Å²) < 4.78 is 5.31. The van der Waals surface area contributed by atoms with Gasteiger partial charge in [0.15, 0.2) is 0 Å². The molecule has 1 aromatic heterocycles. The molecule has 0 unspecified atom stereocenters. The molecule has 0 aromatic carbocycles. The van der Waals surface area contributed by atoms with Crippen molar-refractivity contribution in [3.05, 3.63) is 12.4 Å². The zero-order valence-corrected chi connectivity index (χ0v) is 9.31. The van der Waals surface area contributed by atoms with E-state index in [0.717, 1.165) is 18.9 Å². The Balaban J connectivity index is 2.77. The second-order valence-electron chi connectivity index (χ2n) is 3.02. The SMILES string of the molecule is CCOc1cc(N(CC)CCN)ncn1. The molecule has 1 heterocycles. The Morgan fingerprint density at radius 3 is 2.80 bits per heavy atom. The highest BCUT2D eigenvalue weighted by molar-refractivity contribution is 5.40. The van der Waals surface area contributed by atoms with Crippen molar-refractivity contribution in [2.45, 2.75) is 13.8 Å². The van der Waals surface area contributed by atoms with Gasteiger partial charge in [-0.2, -0.15) is 0 Å². The van der Waals surface area contributed by atoms with E-state index in [-0.39, 0.29) is 0 Å². The molecule has 84 valence electrons. The smallest absolute Gasteiger partial charge is 0.218 e. The van der Waals surface area contributed by atoms with Gasteiger partial charge in [0.05, 0.1) is 6.61 Å². The number of nitrogens with two attached hydrogens (primary N) is 1. The number of rotatable bonds is 6. The minimum absolute atomic E-state index is 0.609. The Labute approximate surface area is 90.3 Å². The van der Waals surface area contributed by atoms with Crippen LogP contribution < -0.4 is 15.4 Å². The second kappa shape index (κ2) is 6.19. The molecule has 0 atom stereocenters. The molecule has 5 heteroatoms. The van der Waals surface area contributed by atoms with Gasteiger partial charge in [0.2, 0.25) is 5.88 Å². The van der Waals surface area contributed by atoms with Gasteiger partial charge in [0.25, 0.3) is 0 Å². The quantitative estimate of drug-likeness (QED) is 0.747. The monoisotopic (exact) mass is 210 g/mol. The Morgan fingerprint density at radius 1 is 1.40 bits per heavy atom.